The minimum absolute atomic E-state index is 0.508. The second-order valence-corrected chi connectivity index (χ2v) is 7.62. The fraction of sp³-hybridized carbons (Fsp3) is 0.130. The van der Waals surface area contributed by atoms with Crippen molar-refractivity contribution in [3.63, 3.8) is 0 Å². The van der Waals surface area contributed by atoms with Gasteiger partial charge in [0.25, 0.3) is 0 Å². The third-order valence-electron chi connectivity index (χ3n) is 5.51. The minimum Gasteiger partial charge on any atom is -0.443 e. The molecule has 0 N–H and O–H groups in total. The number of fused-ring (bicyclic) bond motifs is 5. The van der Waals surface area contributed by atoms with Gasteiger partial charge in [-0.1, -0.05) is 41.1 Å². The molecule has 0 spiro atoms. The Hall–Kier alpha value is -4.00. The summed E-state index contributed by atoms with van der Waals surface area (Å²) in [6, 6.07) is 14.5. The SMILES string of the molecule is Cc1ccc(-c2coc(-c3ncn4c3Cc3cnnn3-c3cc(C)ccc3-4)n2)cc1. The van der Waals surface area contributed by atoms with Crippen LogP contribution in [0.2, 0.25) is 0 Å². The molecule has 146 valence electrons. The lowest BCUT2D eigenvalue weighted by Gasteiger charge is -2.10. The van der Waals surface area contributed by atoms with Gasteiger partial charge in [0, 0.05) is 12.0 Å². The molecule has 1 aliphatic heterocycles. The molecule has 3 aromatic heterocycles. The summed E-state index contributed by atoms with van der Waals surface area (Å²) in [5.74, 6) is 0.508. The first kappa shape index (κ1) is 16.9. The summed E-state index contributed by atoms with van der Waals surface area (Å²) in [4.78, 5) is 9.39. The van der Waals surface area contributed by atoms with Gasteiger partial charge in [-0.2, -0.15) is 0 Å². The fourth-order valence-corrected chi connectivity index (χ4v) is 3.93. The minimum atomic E-state index is 0.508. The number of aryl methyl sites for hydroxylation is 2. The van der Waals surface area contributed by atoms with Crippen molar-refractivity contribution in [1.82, 2.24) is 29.5 Å². The Labute approximate surface area is 172 Å². The summed E-state index contributed by atoms with van der Waals surface area (Å²) in [7, 11) is 0. The van der Waals surface area contributed by atoms with Crippen LogP contribution < -0.4 is 0 Å². The van der Waals surface area contributed by atoms with Gasteiger partial charge < -0.3 is 4.42 Å². The van der Waals surface area contributed by atoms with E-state index in [1.165, 1.54) is 5.56 Å². The summed E-state index contributed by atoms with van der Waals surface area (Å²) in [6.07, 6.45) is 5.93. The van der Waals surface area contributed by atoms with E-state index < -0.39 is 0 Å². The Morgan fingerprint density at radius 2 is 1.80 bits per heavy atom. The first-order valence-corrected chi connectivity index (χ1v) is 9.77. The van der Waals surface area contributed by atoms with E-state index in [-0.39, 0.29) is 0 Å². The number of rotatable bonds is 2. The molecule has 0 unspecified atom stereocenters. The van der Waals surface area contributed by atoms with Crippen LogP contribution in [0.1, 0.15) is 22.5 Å². The zero-order chi connectivity index (χ0) is 20.2. The van der Waals surface area contributed by atoms with E-state index in [1.54, 1.807) is 12.5 Å². The normalized spacial score (nSPS) is 12.2. The molecule has 7 nitrogen and oxygen atoms in total. The molecular formula is C23H18N6O. The third-order valence-corrected chi connectivity index (χ3v) is 5.51. The van der Waals surface area contributed by atoms with Gasteiger partial charge >= 0.3 is 0 Å². The summed E-state index contributed by atoms with van der Waals surface area (Å²) in [5.41, 5.74) is 8.89. The van der Waals surface area contributed by atoms with Gasteiger partial charge in [0.2, 0.25) is 5.89 Å². The van der Waals surface area contributed by atoms with Crippen molar-refractivity contribution in [1.29, 1.82) is 0 Å². The van der Waals surface area contributed by atoms with Crippen molar-refractivity contribution in [2.45, 2.75) is 20.3 Å². The second-order valence-electron chi connectivity index (χ2n) is 7.62. The molecule has 0 atom stereocenters. The van der Waals surface area contributed by atoms with Crippen molar-refractivity contribution in [3.05, 3.63) is 83.8 Å². The zero-order valence-corrected chi connectivity index (χ0v) is 16.6. The summed E-state index contributed by atoms with van der Waals surface area (Å²) in [6.45, 7) is 4.14. The molecule has 0 radical (unpaired) electrons. The molecule has 6 rings (SSSR count). The van der Waals surface area contributed by atoms with Crippen LogP contribution in [0.4, 0.5) is 0 Å². The number of hydrogen-bond donors (Lipinski definition) is 0. The molecule has 0 saturated carbocycles. The van der Waals surface area contributed by atoms with E-state index >= 15 is 0 Å². The van der Waals surface area contributed by atoms with Gasteiger partial charge in [-0.05, 0) is 31.5 Å². The van der Waals surface area contributed by atoms with Gasteiger partial charge in [0.1, 0.15) is 24.0 Å². The molecule has 4 heterocycles. The first-order chi connectivity index (χ1) is 14.7. The lowest BCUT2D eigenvalue weighted by molar-refractivity contribution is 0.572. The smallest absolute Gasteiger partial charge is 0.247 e. The second kappa shape index (κ2) is 6.25. The van der Waals surface area contributed by atoms with Crippen molar-refractivity contribution in [3.8, 4) is 34.2 Å². The first-order valence-electron chi connectivity index (χ1n) is 9.77. The van der Waals surface area contributed by atoms with E-state index in [1.807, 2.05) is 23.1 Å². The topological polar surface area (TPSA) is 74.6 Å². The van der Waals surface area contributed by atoms with E-state index in [4.69, 9.17) is 9.40 Å². The van der Waals surface area contributed by atoms with Crippen molar-refractivity contribution in [2.24, 2.45) is 0 Å². The summed E-state index contributed by atoms with van der Waals surface area (Å²) >= 11 is 0. The molecule has 30 heavy (non-hydrogen) atoms. The van der Waals surface area contributed by atoms with Gasteiger partial charge in [-0.25, -0.2) is 14.6 Å². The van der Waals surface area contributed by atoms with Crippen LogP contribution in [-0.4, -0.2) is 29.5 Å². The molecule has 2 aromatic carbocycles. The van der Waals surface area contributed by atoms with Crippen LogP contribution >= 0.6 is 0 Å². The Morgan fingerprint density at radius 3 is 2.67 bits per heavy atom. The summed E-state index contributed by atoms with van der Waals surface area (Å²) in [5, 5.41) is 8.44. The number of hydrogen-bond acceptors (Lipinski definition) is 5. The van der Waals surface area contributed by atoms with Gasteiger partial charge in [-0.3, -0.25) is 4.57 Å². The lowest BCUT2D eigenvalue weighted by atomic mass is 10.1. The Morgan fingerprint density at radius 1 is 0.967 bits per heavy atom. The number of imidazole rings is 1. The van der Waals surface area contributed by atoms with Crippen LogP contribution in [0.5, 0.6) is 0 Å². The molecule has 1 aliphatic rings. The standard InChI is InChI=1S/C23H18N6O/c1-14-3-6-16(7-4-14)18-12-30-23(26-18)22-21-10-17-11-25-27-29(17)20-9-15(2)5-8-19(20)28(21)13-24-22/h3-9,11-13H,10H2,1-2H3. The number of aromatic nitrogens is 6. The monoisotopic (exact) mass is 394 g/mol. The fourth-order valence-electron chi connectivity index (χ4n) is 3.93. The lowest BCUT2D eigenvalue weighted by Crippen LogP contribution is -2.03. The Balaban J connectivity index is 1.50. The number of benzene rings is 2. The molecule has 0 bridgehead atoms. The molecule has 0 saturated heterocycles. The highest BCUT2D eigenvalue weighted by atomic mass is 16.3. The predicted octanol–water partition coefficient (Wildman–Crippen LogP) is 4.30. The van der Waals surface area contributed by atoms with Gasteiger partial charge in [0.15, 0.2) is 0 Å². The van der Waals surface area contributed by atoms with Crippen LogP contribution in [0.15, 0.2) is 65.7 Å². The maximum Gasteiger partial charge on any atom is 0.247 e. The highest BCUT2D eigenvalue weighted by Crippen LogP contribution is 2.33. The van der Waals surface area contributed by atoms with Crippen molar-refractivity contribution in [2.75, 3.05) is 0 Å². The molecule has 7 heteroatoms. The number of nitrogens with zero attached hydrogens (tertiary/aromatic N) is 6. The third kappa shape index (κ3) is 2.52. The highest BCUT2D eigenvalue weighted by molar-refractivity contribution is 5.65. The van der Waals surface area contributed by atoms with E-state index in [0.717, 1.165) is 45.3 Å². The molecule has 0 aliphatic carbocycles. The maximum absolute atomic E-state index is 5.85. The highest BCUT2D eigenvalue weighted by Gasteiger charge is 2.26. The molecule has 0 amide bonds. The average Bonchev–Trinajstić information content (AvgIpc) is 3.48. The quantitative estimate of drug-likeness (QED) is 0.438. The Bertz CT molecular complexity index is 1390. The number of oxazole rings is 1. The largest absolute Gasteiger partial charge is 0.443 e. The maximum atomic E-state index is 5.85. The average molecular weight is 394 g/mol. The van der Waals surface area contributed by atoms with Gasteiger partial charge in [0.05, 0.1) is 29.0 Å². The van der Waals surface area contributed by atoms with Gasteiger partial charge in [-0.15, -0.1) is 5.10 Å². The Kier molecular flexibility index (Phi) is 3.52. The molecule has 0 fully saturated rings. The summed E-state index contributed by atoms with van der Waals surface area (Å²) < 4.78 is 9.84. The van der Waals surface area contributed by atoms with Crippen molar-refractivity contribution < 1.29 is 4.42 Å². The van der Waals surface area contributed by atoms with Crippen molar-refractivity contribution >= 4 is 0 Å². The predicted molar refractivity (Wildman–Crippen MR) is 112 cm³/mol. The zero-order valence-electron chi connectivity index (χ0n) is 16.6. The van der Waals surface area contributed by atoms with E-state index in [2.05, 4.69) is 64.0 Å². The van der Waals surface area contributed by atoms with E-state index in [9.17, 15) is 0 Å². The van der Waals surface area contributed by atoms with Crippen LogP contribution in [0.25, 0.3) is 34.2 Å². The molecule has 5 aromatic rings. The van der Waals surface area contributed by atoms with Crippen LogP contribution in [0.3, 0.4) is 0 Å². The van der Waals surface area contributed by atoms with E-state index in [0.29, 0.717) is 12.3 Å². The van der Waals surface area contributed by atoms with Crippen LogP contribution in [0, 0.1) is 13.8 Å². The van der Waals surface area contributed by atoms with Crippen LogP contribution in [-0.2, 0) is 6.42 Å². The molecular weight excluding hydrogens is 376 g/mol.